The van der Waals surface area contributed by atoms with Crippen molar-refractivity contribution in [2.45, 2.75) is 26.5 Å². The van der Waals surface area contributed by atoms with Crippen molar-refractivity contribution in [2.75, 3.05) is 31.6 Å². The zero-order valence-corrected chi connectivity index (χ0v) is 15.4. The molecule has 0 spiro atoms. The van der Waals surface area contributed by atoms with Crippen LogP contribution >= 0.6 is 0 Å². The third-order valence-electron chi connectivity index (χ3n) is 4.93. The van der Waals surface area contributed by atoms with Gasteiger partial charge < -0.3 is 19.4 Å². The van der Waals surface area contributed by atoms with Gasteiger partial charge in [0.05, 0.1) is 6.54 Å². The molecule has 0 bridgehead atoms. The minimum atomic E-state index is -0.126. The lowest BCUT2D eigenvalue weighted by Gasteiger charge is -2.26. The predicted octanol–water partition coefficient (Wildman–Crippen LogP) is 1.86. The van der Waals surface area contributed by atoms with Crippen molar-refractivity contribution in [3.05, 3.63) is 46.7 Å². The number of nitrogens with one attached hydrogen (secondary N) is 1. The lowest BCUT2D eigenvalue weighted by atomic mass is 10.1. The van der Waals surface area contributed by atoms with Crippen molar-refractivity contribution >= 4 is 17.6 Å². The van der Waals surface area contributed by atoms with Crippen molar-refractivity contribution < 1.29 is 18.7 Å². The summed E-state index contributed by atoms with van der Waals surface area (Å²) >= 11 is 0. The SMILES string of the molecule is COCc1nc2c(o1)CCN(C(=O)c1ccc(C)c(N3CCNC3=O)c1)C2. The summed E-state index contributed by atoms with van der Waals surface area (Å²) in [5.41, 5.74) is 3.09. The van der Waals surface area contributed by atoms with E-state index in [9.17, 15) is 9.59 Å². The molecule has 2 aliphatic rings. The topological polar surface area (TPSA) is 87.9 Å². The van der Waals surface area contributed by atoms with Crippen LogP contribution in [0.5, 0.6) is 0 Å². The van der Waals surface area contributed by atoms with Crippen molar-refractivity contribution in [3.8, 4) is 0 Å². The number of carbonyl (C=O) groups is 2. The molecule has 1 saturated heterocycles. The molecule has 27 heavy (non-hydrogen) atoms. The minimum absolute atomic E-state index is 0.0715. The Morgan fingerprint density at radius 2 is 2.22 bits per heavy atom. The van der Waals surface area contributed by atoms with Gasteiger partial charge in [0.1, 0.15) is 18.1 Å². The third kappa shape index (κ3) is 3.28. The Morgan fingerprint density at radius 3 is 2.96 bits per heavy atom. The first-order valence-corrected chi connectivity index (χ1v) is 8.98. The van der Waals surface area contributed by atoms with Gasteiger partial charge in [-0.25, -0.2) is 9.78 Å². The molecule has 4 rings (SSSR count). The van der Waals surface area contributed by atoms with Crippen LogP contribution in [-0.2, 0) is 24.3 Å². The highest BCUT2D eigenvalue weighted by Gasteiger charge is 2.28. The van der Waals surface area contributed by atoms with Gasteiger partial charge in [0, 0.05) is 44.4 Å². The van der Waals surface area contributed by atoms with Gasteiger partial charge in [-0.3, -0.25) is 9.69 Å². The molecule has 1 aromatic heterocycles. The molecule has 8 nitrogen and oxygen atoms in total. The molecule has 3 amide bonds. The highest BCUT2D eigenvalue weighted by molar-refractivity contribution is 5.99. The lowest BCUT2D eigenvalue weighted by Crippen LogP contribution is -2.36. The van der Waals surface area contributed by atoms with Gasteiger partial charge in [-0.2, -0.15) is 0 Å². The lowest BCUT2D eigenvalue weighted by molar-refractivity contribution is 0.0727. The summed E-state index contributed by atoms with van der Waals surface area (Å²) in [4.78, 5) is 32.9. The second-order valence-electron chi connectivity index (χ2n) is 6.77. The van der Waals surface area contributed by atoms with Crippen molar-refractivity contribution in [2.24, 2.45) is 0 Å². The maximum absolute atomic E-state index is 13.0. The second-order valence-corrected chi connectivity index (χ2v) is 6.77. The number of aromatic nitrogens is 1. The number of benzene rings is 1. The van der Waals surface area contributed by atoms with Crippen LogP contribution in [0.1, 0.15) is 33.3 Å². The van der Waals surface area contributed by atoms with Crippen molar-refractivity contribution in [3.63, 3.8) is 0 Å². The first-order chi connectivity index (χ1) is 13.1. The average molecular weight is 370 g/mol. The summed E-state index contributed by atoms with van der Waals surface area (Å²) in [5, 5.41) is 2.79. The minimum Gasteiger partial charge on any atom is -0.443 e. The molecule has 0 unspecified atom stereocenters. The summed E-state index contributed by atoms with van der Waals surface area (Å²) in [6.45, 7) is 4.46. The van der Waals surface area contributed by atoms with Gasteiger partial charge in [0.15, 0.2) is 0 Å². The van der Waals surface area contributed by atoms with E-state index < -0.39 is 0 Å². The van der Waals surface area contributed by atoms with E-state index in [0.29, 0.717) is 50.7 Å². The number of carbonyl (C=O) groups excluding carboxylic acids is 2. The van der Waals surface area contributed by atoms with Crippen LogP contribution in [-0.4, -0.2) is 48.6 Å². The molecule has 1 aromatic carbocycles. The fourth-order valence-corrected chi connectivity index (χ4v) is 3.53. The number of amides is 3. The van der Waals surface area contributed by atoms with E-state index in [-0.39, 0.29) is 11.9 Å². The molecule has 0 aliphatic carbocycles. The summed E-state index contributed by atoms with van der Waals surface area (Å²) in [5.74, 6) is 1.29. The molecule has 3 heterocycles. The second kappa shape index (κ2) is 7.03. The van der Waals surface area contributed by atoms with Gasteiger partial charge in [-0.05, 0) is 24.6 Å². The number of nitrogens with zero attached hydrogens (tertiary/aromatic N) is 3. The summed E-state index contributed by atoms with van der Waals surface area (Å²) in [6, 6.07) is 5.37. The number of fused-ring (bicyclic) bond motifs is 1. The molecular formula is C19H22N4O4. The summed E-state index contributed by atoms with van der Waals surface area (Å²) in [6.07, 6.45) is 0.630. The highest BCUT2D eigenvalue weighted by atomic mass is 16.5. The predicted molar refractivity (Wildman–Crippen MR) is 97.6 cm³/mol. The first-order valence-electron chi connectivity index (χ1n) is 8.98. The van der Waals surface area contributed by atoms with Crippen molar-refractivity contribution in [1.29, 1.82) is 0 Å². The maximum atomic E-state index is 13.0. The molecule has 1 N–H and O–H groups in total. The van der Waals surface area contributed by atoms with E-state index >= 15 is 0 Å². The number of hydrogen-bond acceptors (Lipinski definition) is 5. The van der Waals surface area contributed by atoms with Crippen LogP contribution < -0.4 is 10.2 Å². The Bertz CT molecular complexity index is 892. The molecule has 2 aliphatic heterocycles. The highest BCUT2D eigenvalue weighted by Crippen LogP contribution is 2.26. The Balaban J connectivity index is 1.55. The summed E-state index contributed by atoms with van der Waals surface area (Å²) in [7, 11) is 1.59. The number of methoxy groups -OCH3 is 1. The van der Waals surface area contributed by atoms with Crippen LogP contribution in [0.3, 0.4) is 0 Å². The van der Waals surface area contributed by atoms with Crippen molar-refractivity contribution in [1.82, 2.24) is 15.2 Å². The fraction of sp³-hybridized carbons (Fsp3) is 0.421. The van der Waals surface area contributed by atoms with Gasteiger partial charge in [-0.15, -0.1) is 0 Å². The molecule has 0 saturated carbocycles. The van der Waals surface area contributed by atoms with E-state index in [1.165, 1.54) is 0 Å². The number of rotatable bonds is 4. The fourth-order valence-electron chi connectivity index (χ4n) is 3.53. The molecule has 2 aromatic rings. The Labute approximate surface area is 157 Å². The van der Waals surface area contributed by atoms with Gasteiger partial charge >= 0.3 is 6.03 Å². The normalized spacial score (nSPS) is 16.4. The number of ether oxygens (including phenoxy) is 1. The van der Waals surface area contributed by atoms with E-state index in [4.69, 9.17) is 9.15 Å². The average Bonchev–Trinajstić information content (AvgIpc) is 3.26. The third-order valence-corrected chi connectivity index (χ3v) is 4.93. The quantitative estimate of drug-likeness (QED) is 0.888. The molecule has 0 atom stereocenters. The molecule has 8 heteroatoms. The van der Waals surface area contributed by atoms with E-state index in [0.717, 1.165) is 22.7 Å². The van der Waals surface area contributed by atoms with Crippen LogP contribution in [0, 0.1) is 6.92 Å². The van der Waals surface area contributed by atoms with Gasteiger partial charge in [-0.1, -0.05) is 6.07 Å². The van der Waals surface area contributed by atoms with Gasteiger partial charge in [0.25, 0.3) is 5.91 Å². The Kier molecular flexibility index (Phi) is 4.57. The van der Waals surface area contributed by atoms with Crippen LogP contribution in [0.25, 0.3) is 0 Å². The zero-order chi connectivity index (χ0) is 19.0. The number of urea groups is 1. The molecule has 0 radical (unpaired) electrons. The monoisotopic (exact) mass is 370 g/mol. The van der Waals surface area contributed by atoms with E-state index in [2.05, 4.69) is 10.3 Å². The largest absolute Gasteiger partial charge is 0.443 e. The van der Waals surface area contributed by atoms with E-state index in [1.807, 2.05) is 19.1 Å². The molecule has 1 fully saturated rings. The zero-order valence-electron chi connectivity index (χ0n) is 15.4. The Morgan fingerprint density at radius 1 is 1.37 bits per heavy atom. The number of hydrogen-bond donors (Lipinski definition) is 1. The smallest absolute Gasteiger partial charge is 0.322 e. The van der Waals surface area contributed by atoms with Gasteiger partial charge in [0.2, 0.25) is 5.89 Å². The van der Waals surface area contributed by atoms with Crippen LogP contribution in [0.4, 0.5) is 10.5 Å². The summed E-state index contributed by atoms with van der Waals surface area (Å²) < 4.78 is 10.7. The van der Waals surface area contributed by atoms with E-state index in [1.54, 1.807) is 23.0 Å². The maximum Gasteiger partial charge on any atom is 0.322 e. The number of aryl methyl sites for hydroxylation is 1. The van der Waals surface area contributed by atoms with Crippen LogP contribution in [0.2, 0.25) is 0 Å². The Hall–Kier alpha value is -2.87. The first kappa shape index (κ1) is 17.5. The van der Waals surface area contributed by atoms with Crippen LogP contribution in [0.15, 0.2) is 22.6 Å². The number of anilines is 1. The molecule has 142 valence electrons. The number of oxazole rings is 1. The molecular weight excluding hydrogens is 348 g/mol. The standard InChI is InChI=1S/C19H22N4O4/c1-12-3-4-13(9-15(12)23-8-6-20-19(23)25)18(24)22-7-5-16-14(10-22)21-17(27-16)11-26-2/h3-4,9H,5-8,10-11H2,1-2H3,(H,20,25).